The number of hydrogen-bond donors (Lipinski definition) is 2. The molecule has 28 heavy (non-hydrogen) atoms. The quantitative estimate of drug-likeness (QED) is 0.345. The minimum absolute atomic E-state index is 0.0289. The van der Waals surface area contributed by atoms with E-state index in [2.05, 4.69) is 19.1 Å². The molecule has 0 spiro atoms. The average molecular weight is 397 g/mol. The van der Waals surface area contributed by atoms with Crippen LogP contribution in [0.2, 0.25) is 0 Å². The summed E-state index contributed by atoms with van der Waals surface area (Å²) in [5, 5.41) is 18.8. The van der Waals surface area contributed by atoms with E-state index in [4.69, 9.17) is 19.3 Å². The molecule has 1 unspecified atom stereocenters. The number of unbranched alkanes of at least 4 members (excludes halogenated alkanes) is 6. The molecule has 0 fully saturated rings. The Bertz CT molecular complexity index is 449. The number of aryl methyl sites for hydroxylation is 1. The normalized spacial score (nSPS) is 12.4. The SMILES string of the molecule is CCCCCCCCCc1ccc(C(O)COCCOCCOCCO)cc1. The predicted octanol–water partition coefficient (Wildman–Crippen LogP) is 4.06. The number of benzene rings is 1. The number of aliphatic hydroxyl groups excluding tert-OH is 2. The third kappa shape index (κ3) is 13.2. The van der Waals surface area contributed by atoms with Gasteiger partial charge in [-0.05, 0) is 24.0 Å². The lowest BCUT2D eigenvalue weighted by Gasteiger charge is -2.12. The lowest BCUT2D eigenvalue weighted by molar-refractivity contribution is -0.0131. The minimum Gasteiger partial charge on any atom is -0.394 e. The fourth-order valence-corrected chi connectivity index (χ4v) is 2.99. The van der Waals surface area contributed by atoms with Crippen molar-refractivity contribution in [2.75, 3.05) is 46.2 Å². The van der Waals surface area contributed by atoms with Crippen LogP contribution in [0.3, 0.4) is 0 Å². The maximum Gasteiger partial charge on any atom is 0.102 e. The van der Waals surface area contributed by atoms with Gasteiger partial charge in [-0.15, -0.1) is 0 Å². The number of rotatable bonds is 19. The molecule has 5 heteroatoms. The molecule has 0 aliphatic rings. The van der Waals surface area contributed by atoms with Crippen LogP contribution in [-0.4, -0.2) is 56.5 Å². The van der Waals surface area contributed by atoms with Crippen molar-refractivity contribution in [3.8, 4) is 0 Å². The highest BCUT2D eigenvalue weighted by Crippen LogP contribution is 2.16. The third-order valence-corrected chi connectivity index (χ3v) is 4.69. The second-order valence-electron chi connectivity index (χ2n) is 7.15. The molecule has 0 heterocycles. The number of hydrogen-bond acceptors (Lipinski definition) is 5. The first-order valence-electron chi connectivity index (χ1n) is 10.9. The molecular weight excluding hydrogens is 356 g/mol. The number of aliphatic hydroxyl groups is 2. The molecule has 5 nitrogen and oxygen atoms in total. The van der Waals surface area contributed by atoms with Crippen LogP contribution >= 0.6 is 0 Å². The molecule has 0 aromatic heterocycles. The highest BCUT2D eigenvalue weighted by atomic mass is 16.5. The van der Waals surface area contributed by atoms with Crippen LogP contribution in [0.25, 0.3) is 0 Å². The van der Waals surface area contributed by atoms with E-state index in [0.717, 1.165) is 12.0 Å². The van der Waals surface area contributed by atoms with Crippen molar-refractivity contribution in [2.45, 2.75) is 64.4 Å². The summed E-state index contributed by atoms with van der Waals surface area (Å²) in [5.41, 5.74) is 2.23. The Morgan fingerprint density at radius 3 is 1.96 bits per heavy atom. The van der Waals surface area contributed by atoms with Gasteiger partial charge in [0.1, 0.15) is 6.10 Å². The Labute approximate surface area is 171 Å². The van der Waals surface area contributed by atoms with Gasteiger partial charge in [0.2, 0.25) is 0 Å². The highest BCUT2D eigenvalue weighted by Gasteiger charge is 2.07. The van der Waals surface area contributed by atoms with Crippen LogP contribution in [0.4, 0.5) is 0 Å². The van der Waals surface area contributed by atoms with Crippen molar-refractivity contribution in [2.24, 2.45) is 0 Å². The van der Waals surface area contributed by atoms with Crippen molar-refractivity contribution in [1.29, 1.82) is 0 Å². The minimum atomic E-state index is -0.611. The second-order valence-corrected chi connectivity index (χ2v) is 7.15. The maximum absolute atomic E-state index is 10.2. The molecule has 0 saturated carbocycles. The molecule has 2 N–H and O–H groups in total. The highest BCUT2D eigenvalue weighted by molar-refractivity contribution is 5.24. The van der Waals surface area contributed by atoms with Crippen LogP contribution in [0.15, 0.2) is 24.3 Å². The van der Waals surface area contributed by atoms with Crippen LogP contribution in [-0.2, 0) is 20.6 Å². The first-order chi connectivity index (χ1) is 13.8. The monoisotopic (exact) mass is 396 g/mol. The standard InChI is InChI=1S/C23H40O5/c1-2-3-4-5-6-7-8-9-21-10-12-22(13-11-21)23(25)20-28-19-18-27-17-16-26-15-14-24/h10-13,23-25H,2-9,14-20H2,1H3. The molecule has 0 radical (unpaired) electrons. The summed E-state index contributed by atoms with van der Waals surface area (Å²) < 4.78 is 15.9. The summed E-state index contributed by atoms with van der Waals surface area (Å²) in [6, 6.07) is 8.23. The lowest BCUT2D eigenvalue weighted by Crippen LogP contribution is -2.13. The van der Waals surface area contributed by atoms with Gasteiger partial charge >= 0.3 is 0 Å². The zero-order chi connectivity index (χ0) is 20.3. The van der Waals surface area contributed by atoms with Gasteiger partial charge in [0.25, 0.3) is 0 Å². The van der Waals surface area contributed by atoms with Crippen molar-refractivity contribution >= 4 is 0 Å². The summed E-state index contributed by atoms with van der Waals surface area (Å²) >= 11 is 0. The van der Waals surface area contributed by atoms with E-state index < -0.39 is 6.10 Å². The smallest absolute Gasteiger partial charge is 0.102 e. The van der Waals surface area contributed by atoms with Gasteiger partial charge in [0.15, 0.2) is 0 Å². The molecule has 162 valence electrons. The van der Waals surface area contributed by atoms with Gasteiger partial charge in [-0.25, -0.2) is 0 Å². The van der Waals surface area contributed by atoms with E-state index in [1.54, 1.807) is 0 Å². The molecule has 0 aliphatic heterocycles. The van der Waals surface area contributed by atoms with Crippen LogP contribution in [0.1, 0.15) is 69.1 Å². The van der Waals surface area contributed by atoms with E-state index in [9.17, 15) is 5.11 Å². The predicted molar refractivity (Wildman–Crippen MR) is 113 cm³/mol. The zero-order valence-corrected chi connectivity index (χ0v) is 17.6. The molecule has 0 bridgehead atoms. The van der Waals surface area contributed by atoms with Gasteiger partial charge < -0.3 is 24.4 Å². The van der Waals surface area contributed by atoms with E-state index in [1.807, 2.05) is 12.1 Å². The second kappa shape index (κ2) is 18.1. The van der Waals surface area contributed by atoms with Crippen LogP contribution in [0, 0.1) is 0 Å². The maximum atomic E-state index is 10.2. The van der Waals surface area contributed by atoms with Gasteiger partial charge in [-0.1, -0.05) is 69.7 Å². The van der Waals surface area contributed by atoms with Crippen molar-refractivity contribution < 1.29 is 24.4 Å². The molecule has 0 aliphatic carbocycles. The molecule has 1 atom stereocenters. The molecule has 0 saturated heterocycles. The van der Waals surface area contributed by atoms with Gasteiger partial charge in [-0.3, -0.25) is 0 Å². The zero-order valence-electron chi connectivity index (χ0n) is 17.6. The first-order valence-corrected chi connectivity index (χ1v) is 10.9. The largest absolute Gasteiger partial charge is 0.394 e. The van der Waals surface area contributed by atoms with E-state index in [-0.39, 0.29) is 13.2 Å². The van der Waals surface area contributed by atoms with Crippen molar-refractivity contribution in [3.63, 3.8) is 0 Å². The first kappa shape index (κ1) is 25.1. The van der Waals surface area contributed by atoms with Crippen LogP contribution in [0.5, 0.6) is 0 Å². The van der Waals surface area contributed by atoms with E-state index >= 15 is 0 Å². The topological polar surface area (TPSA) is 68.2 Å². The fourth-order valence-electron chi connectivity index (χ4n) is 2.99. The Morgan fingerprint density at radius 2 is 1.32 bits per heavy atom. The molecular formula is C23H40O5. The van der Waals surface area contributed by atoms with Crippen molar-refractivity contribution in [3.05, 3.63) is 35.4 Å². The molecule has 0 amide bonds. The summed E-state index contributed by atoms with van der Waals surface area (Å²) in [4.78, 5) is 0. The molecule has 1 aromatic rings. The van der Waals surface area contributed by atoms with Crippen molar-refractivity contribution in [1.82, 2.24) is 0 Å². The Kier molecular flexibility index (Phi) is 16.2. The average Bonchev–Trinajstić information content (AvgIpc) is 2.72. The molecule has 1 aromatic carbocycles. The van der Waals surface area contributed by atoms with E-state index in [1.165, 1.54) is 50.5 Å². The summed E-state index contributed by atoms with van der Waals surface area (Å²) in [5.74, 6) is 0. The fraction of sp³-hybridized carbons (Fsp3) is 0.739. The Balaban J connectivity index is 2.06. The molecule has 1 rings (SSSR count). The Morgan fingerprint density at radius 1 is 0.750 bits per heavy atom. The van der Waals surface area contributed by atoms with Gasteiger partial charge in [0, 0.05) is 0 Å². The third-order valence-electron chi connectivity index (χ3n) is 4.69. The van der Waals surface area contributed by atoms with Crippen LogP contribution < -0.4 is 0 Å². The summed E-state index contributed by atoms with van der Waals surface area (Å²) in [6.45, 7) is 4.73. The van der Waals surface area contributed by atoms with E-state index in [0.29, 0.717) is 33.0 Å². The summed E-state index contributed by atoms with van der Waals surface area (Å²) in [7, 11) is 0. The van der Waals surface area contributed by atoms with Gasteiger partial charge in [0.05, 0.1) is 46.2 Å². The van der Waals surface area contributed by atoms with Gasteiger partial charge in [-0.2, -0.15) is 0 Å². The number of ether oxygens (including phenoxy) is 3. The Hall–Kier alpha value is -0.980. The summed E-state index contributed by atoms with van der Waals surface area (Å²) in [6.07, 6.45) is 9.78. The lowest BCUT2D eigenvalue weighted by atomic mass is 10.0.